The molecule has 1 fully saturated rings. The summed E-state index contributed by atoms with van der Waals surface area (Å²) in [5.41, 5.74) is 0. The van der Waals surface area contributed by atoms with Crippen molar-refractivity contribution in [2.75, 3.05) is 6.61 Å². The van der Waals surface area contributed by atoms with E-state index in [1.807, 2.05) is 24.3 Å². The Morgan fingerprint density at radius 2 is 2.06 bits per heavy atom. The van der Waals surface area contributed by atoms with Crippen LogP contribution < -0.4 is 9.47 Å². The first-order chi connectivity index (χ1) is 7.78. The number of rotatable bonds is 6. The monoisotopic (exact) mass is 220 g/mol. The molecular weight excluding hydrogens is 200 g/mol. The van der Waals surface area contributed by atoms with Gasteiger partial charge in [0.2, 0.25) is 0 Å². The lowest BCUT2D eigenvalue weighted by atomic mass is 10.3. The summed E-state index contributed by atoms with van der Waals surface area (Å²) in [6, 6.07) is 7.94. The first kappa shape index (κ1) is 11.3. The van der Waals surface area contributed by atoms with Crippen LogP contribution >= 0.6 is 0 Å². The summed E-state index contributed by atoms with van der Waals surface area (Å²) in [5.74, 6) is 2.62. The van der Waals surface area contributed by atoms with E-state index in [2.05, 4.69) is 13.8 Å². The molecule has 0 aliphatic heterocycles. The molecule has 0 bridgehead atoms. The lowest BCUT2D eigenvalue weighted by Crippen LogP contribution is -2.09. The van der Waals surface area contributed by atoms with Gasteiger partial charge in [0.25, 0.3) is 0 Å². The maximum absolute atomic E-state index is 5.75. The third kappa shape index (κ3) is 3.44. The quantitative estimate of drug-likeness (QED) is 0.728. The molecule has 0 spiro atoms. The molecule has 1 aromatic carbocycles. The fourth-order valence-corrected chi connectivity index (χ4v) is 1.45. The lowest BCUT2D eigenvalue weighted by Gasteiger charge is -2.13. The number of ether oxygens (including phenoxy) is 2. The van der Waals surface area contributed by atoms with Gasteiger partial charge in [-0.1, -0.05) is 13.0 Å². The highest BCUT2D eigenvalue weighted by atomic mass is 16.5. The van der Waals surface area contributed by atoms with Crippen molar-refractivity contribution in [2.24, 2.45) is 5.92 Å². The van der Waals surface area contributed by atoms with Crippen molar-refractivity contribution in [1.29, 1.82) is 0 Å². The van der Waals surface area contributed by atoms with Crippen LogP contribution in [0.2, 0.25) is 0 Å². The van der Waals surface area contributed by atoms with Gasteiger partial charge in [-0.15, -0.1) is 0 Å². The SMILES string of the molecule is CC[C@@H](C)Oc1cccc(OCC2CC2)c1. The third-order valence-electron chi connectivity index (χ3n) is 2.90. The molecule has 0 amide bonds. The van der Waals surface area contributed by atoms with Crippen LogP contribution in [0.4, 0.5) is 0 Å². The predicted molar refractivity (Wildman–Crippen MR) is 65.0 cm³/mol. The van der Waals surface area contributed by atoms with Crippen LogP contribution in [0, 0.1) is 5.92 Å². The van der Waals surface area contributed by atoms with Gasteiger partial charge in [-0.2, -0.15) is 0 Å². The van der Waals surface area contributed by atoms with Crippen LogP contribution in [-0.2, 0) is 0 Å². The van der Waals surface area contributed by atoms with Crippen LogP contribution in [0.5, 0.6) is 11.5 Å². The summed E-state index contributed by atoms with van der Waals surface area (Å²) in [4.78, 5) is 0. The fourth-order valence-electron chi connectivity index (χ4n) is 1.45. The second kappa shape index (κ2) is 5.24. The van der Waals surface area contributed by atoms with Gasteiger partial charge in [0.05, 0.1) is 12.7 Å². The van der Waals surface area contributed by atoms with E-state index in [4.69, 9.17) is 9.47 Å². The minimum atomic E-state index is 0.263. The summed E-state index contributed by atoms with van der Waals surface area (Å²) in [5, 5.41) is 0. The standard InChI is InChI=1S/C14H20O2/c1-3-11(2)16-14-6-4-5-13(9-14)15-10-12-7-8-12/h4-6,9,11-12H,3,7-8,10H2,1-2H3/t11-/m1/s1. The topological polar surface area (TPSA) is 18.5 Å². The van der Waals surface area contributed by atoms with Gasteiger partial charge in [0, 0.05) is 6.07 Å². The van der Waals surface area contributed by atoms with Gasteiger partial charge in [-0.05, 0) is 44.2 Å². The normalized spacial score (nSPS) is 16.9. The fraction of sp³-hybridized carbons (Fsp3) is 0.571. The predicted octanol–water partition coefficient (Wildman–Crippen LogP) is 3.65. The first-order valence-corrected chi connectivity index (χ1v) is 6.17. The van der Waals surface area contributed by atoms with Crippen LogP contribution in [0.3, 0.4) is 0 Å². The number of benzene rings is 1. The molecule has 1 saturated carbocycles. The van der Waals surface area contributed by atoms with E-state index in [1.54, 1.807) is 0 Å². The summed E-state index contributed by atoms with van der Waals surface area (Å²) in [6.45, 7) is 5.06. The molecule has 1 aromatic rings. The van der Waals surface area contributed by atoms with E-state index in [9.17, 15) is 0 Å². The third-order valence-corrected chi connectivity index (χ3v) is 2.90. The minimum Gasteiger partial charge on any atom is -0.493 e. The molecule has 0 radical (unpaired) electrons. The maximum Gasteiger partial charge on any atom is 0.123 e. The highest BCUT2D eigenvalue weighted by Gasteiger charge is 2.21. The molecule has 2 nitrogen and oxygen atoms in total. The first-order valence-electron chi connectivity index (χ1n) is 6.17. The second-order valence-corrected chi connectivity index (χ2v) is 4.57. The Kier molecular flexibility index (Phi) is 3.70. The Labute approximate surface area is 97.6 Å². The van der Waals surface area contributed by atoms with Crippen molar-refractivity contribution in [1.82, 2.24) is 0 Å². The molecular formula is C14H20O2. The molecule has 16 heavy (non-hydrogen) atoms. The highest BCUT2D eigenvalue weighted by Crippen LogP contribution is 2.30. The number of hydrogen-bond donors (Lipinski definition) is 0. The van der Waals surface area contributed by atoms with E-state index in [0.717, 1.165) is 30.4 Å². The molecule has 1 atom stereocenters. The Morgan fingerprint density at radius 3 is 2.75 bits per heavy atom. The average molecular weight is 220 g/mol. The second-order valence-electron chi connectivity index (χ2n) is 4.57. The van der Waals surface area contributed by atoms with Crippen molar-refractivity contribution >= 4 is 0 Å². The van der Waals surface area contributed by atoms with E-state index >= 15 is 0 Å². The van der Waals surface area contributed by atoms with Gasteiger partial charge in [-0.25, -0.2) is 0 Å². The van der Waals surface area contributed by atoms with Crippen molar-refractivity contribution in [3.63, 3.8) is 0 Å². The molecule has 2 heteroatoms. The molecule has 2 rings (SSSR count). The Morgan fingerprint density at radius 1 is 1.31 bits per heavy atom. The summed E-state index contributed by atoms with van der Waals surface area (Å²) < 4.78 is 11.5. The van der Waals surface area contributed by atoms with E-state index < -0.39 is 0 Å². The van der Waals surface area contributed by atoms with Gasteiger partial charge in [0.1, 0.15) is 11.5 Å². The molecule has 0 unspecified atom stereocenters. The largest absolute Gasteiger partial charge is 0.493 e. The zero-order chi connectivity index (χ0) is 11.4. The van der Waals surface area contributed by atoms with Crippen LogP contribution in [0.15, 0.2) is 24.3 Å². The zero-order valence-electron chi connectivity index (χ0n) is 10.1. The van der Waals surface area contributed by atoms with Gasteiger partial charge < -0.3 is 9.47 Å². The van der Waals surface area contributed by atoms with Crippen molar-refractivity contribution in [2.45, 2.75) is 39.2 Å². The zero-order valence-corrected chi connectivity index (χ0v) is 10.1. The highest BCUT2D eigenvalue weighted by molar-refractivity contribution is 5.33. The molecule has 0 heterocycles. The molecule has 88 valence electrons. The molecule has 0 aromatic heterocycles. The van der Waals surface area contributed by atoms with Gasteiger partial charge in [0.15, 0.2) is 0 Å². The van der Waals surface area contributed by atoms with Gasteiger partial charge in [-0.3, -0.25) is 0 Å². The summed E-state index contributed by atoms with van der Waals surface area (Å²) in [7, 11) is 0. The number of hydrogen-bond acceptors (Lipinski definition) is 2. The molecule has 0 saturated heterocycles. The lowest BCUT2D eigenvalue weighted by molar-refractivity contribution is 0.215. The summed E-state index contributed by atoms with van der Waals surface area (Å²) >= 11 is 0. The summed E-state index contributed by atoms with van der Waals surface area (Å²) in [6.07, 6.45) is 3.93. The Hall–Kier alpha value is -1.18. The van der Waals surface area contributed by atoms with Crippen molar-refractivity contribution in [3.8, 4) is 11.5 Å². The maximum atomic E-state index is 5.75. The Bertz CT molecular complexity index is 331. The van der Waals surface area contributed by atoms with E-state index in [-0.39, 0.29) is 6.10 Å². The smallest absolute Gasteiger partial charge is 0.123 e. The Balaban J connectivity index is 1.89. The van der Waals surface area contributed by atoms with Crippen molar-refractivity contribution in [3.05, 3.63) is 24.3 Å². The van der Waals surface area contributed by atoms with E-state index in [0.29, 0.717) is 0 Å². The minimum absolute atomic E-state index is 0.263. The van der Waals surface area contributed by atoms with E-state index in [1.165, 1.54) is 12.8 Å². The van der Waals surface area contributed by atoms with Crippen LogP contribution in [0.1, 0.15) is 33.1 Å². The molecule has 1 aliphatic rings. The molecule has 1 aliphatic carbocycles. The van der Waals surface area contributed by atoms with Gasteiger partial charge >= 0.3 is 0 Å². The molecule has 0 N–H and O–H groups in total. The van der Waals surface area contributed by atoms with Crippen LogP contribution in [0.25, 0.3) is 0 Å². The van der Waals surface area contributed by atoms with Crippen molar-refractivity contribution < 1.29 is 9.47 Å². The van der Waals surface area contributed by atoms with Crippen LogP contribution in [-0.4, -0.2) is 12.7 Å². The average Bonchev–Trinajstić information content (AvgIpc) is 3.10.